The highest BCUT2D eigenvalue weighted by atomic mass is 19.2. The normalized spacial score (nSPS) is 13.4. The number of carbonyl (C=O) groups excluding carboxylic acids is 2. The lowest BCUT2D eigenvalue weighted by atomic mass is 10.1. The van der Waals surface area contributed by atoms with Crippen LogP contribution in [0.5, 0.6) is 5.88 Å². The number of rotatable bonds is 10. The summed E-state index contributed by atoms with van der Waals surface area (Å²) in [5.74, 6) is -1.50. The zero-order chi connectivity index (χ0) is 34.8. The zero-order valence-electron chi connectivity index (χ0n) is 26.5. The minimum absolute atomic E-state index is 0.124. The van der Waals surface area contributed by atoms with E-state index in [-0.39, 0.29) is 17.5 Å². The average molecular weight is 653 g/mol. The van der Waals surface area contributed by atoms with Crippen molar-refractivity contribution in [1.82, 2.24) is 30.1 Å². The fraction of sp³-hybridized carbons (Fsp3) is 0.281. The molecular formula is C32H38F2N8O5. The number of carbonyl (C=O) groups is 2. The number of hydrogen-bond donors (Lipinski definition) is 3. The van der Waals surface area contributed by atoms with Crippen molar-refractivity contribution in [1.29, 1.82) is 0 Å². The van der Waals surface area contributed by atoms with E-state index in [1.54, 1.807) is 24.4 Å². The molecule has 47 heavy (non-hydrogen) atoms. The molecule has 1 atom stereocenters. The van der Waals surface area contributed by atoms with Crippen LogP contribution in [0, 0.1) is 31.5 Å². The topological polar surface area (TPSA) is 159 Å². The number of ether oxygens (including phenoxy) is 2. The quantitative estimate of drug-likeness (QED) is 0.132. The Hall–Kier alpha value is -5.43. The fourth-order valence-corrected chi connectivity index (χ4v) is 4.20. The van der Waals surface area contributed by atoms with Crippen molar-refractivity contribution in [3.05, 3.63) is 83.8 Å². The van der Waals surface area contributed by atoms with Crippen molar-refractivity contribution in [2.45, 2.75) is 13.0 Å². The minimum atomic E-state index is -1.05. The molecule has 4 aromatic rings. The number of benzene rings is 1. The SMILES string of the molecule is C#C.CNc1c(C)c(-c2cnc(OC)c(C(N)=O)c2)nn1-c1ccccc1.COCCN1C[C@@H](NC=O)CO1.Fc1cccnc1F. The fourth-order valence-electron chi connectivity index (χ4n) is 4.20. The van der Waals surface area contributed by atoms with Gasteiger partial charge < -0.3 is 25.8 Å². The van der Waals surface area contributed by atoms with Gasteiger partial charge in [-0.2, -0.15) is 14.6 Å². The van der Waals surface area contributed by atoms with Crippen molar-refractivity contribution in [3.63, 3.8) is 0 Å². The predicted octanol–water partition coefficient (Wildman–Crippen LogP) is 3.00. The van der Waals surface area contributed by atoms with E-state index in [4.69, 9.17) is 25.1 Å². The zero-order valence-corrected chi connectivity index (χ0v) is 26.5. The van der Waals surface area contributed by atoms with Crippen LogP contribution in [0.4, 0.5) is 14.6 Å². The molecule has 3 aromatic heterocycles. The summed E-state index contributed by atoms with van der Waals surface area (Å²) in [6, 6.07) is 13.9. The summed E-state index contributed by atoms with van der Waals surface area (Å²) in [7, 11) is 4.94. The Morgan fingerprint density at radius 2 is 1.89 bits per heavy atom. The number of nitrogens with zero attached hydrogens (tertiary/aromatic N) is 5. The maximum atomic E-state index is 11.9. The summed E-state index contributed by atoms with van der Waals surface area (Å²) in [6.45, 7) is 4.65. The van der Waals surface area contributed by atoms with E-state index < -0.39 is 17.7 Å². The molecule has 1 fully saturated rings. The number of nitrogens with one attached hydrogen (secondary N) is 2. The first-order chi connectivity index (χ1) is 22.7. The molecule has 4 heterocycles. The first kappa shape index (κ1) is 37.8. The highest BCUT2D eigenvalue weighted by Gasteiger charge is 2.22. The molecule has 0 unspecified atom stereocenters. The minimum Gasteiger partial charge on any atom is -0.480 e. The third kappa shape index (κ3) is 10.9. The van der Waals surface area contributed by atoms with E-state index in [1.807, 2.05) is 49.0 Å². The number of hydroxylamine groups is 2. The number of nitrogens with two attached hydrogens (primary N) is 1. The molecule has 1 saturated heterocycles. The van der Waals surface area contributed by atoms with Gasteiger partial charge in [0.15, 0.2) is 5.82 Å². The molecule has 15 heteroatoms. The molecular weight excluding hydrogens is 614 g/mol. The largest absolute Gasteiger partial charge is 0.480 e. The summed E-state index contributed by atoms with van der Waals surface area (Å²) in [5.41, 5.74) is 8.93. The Kier molecular flexibility index (Phi) is 15.9. The number of terminal acetylenes is 1. The average Bonchev–Trinajstić information content (AvgIpc) is 3.70. The lowest BCUT2D eigenvalue weighted by Crippen LogP contribution is -2.33. The highest BCUT2D eigenvalue weighted by Crippen LogP contribution is 2.31. The standard InChI is InChI=1S/C18H19N5O2.C7H14N2O3.C5H3F2N.C2H2/c1-11-15(12-9-14(16(19)24)18(25-3)21-10-12)22-23(17(11)20-2)13-7-5-4-6-8-13;1-11-3-2-9-4-7(5-12-9)8-6-10;6-4-2-1-3-8-5(4)7;1-2/h4-10,20H,1-3H3,(H2,19,24);6-7H,2-5H2,1H3,(H,8,10);1-3H;1-2H/t;7-;;/m.1../s1. The number of primary amides is 1. The van der Waals surface area contributed by atoms with Gasteiger partial charge in [-0.15, -0.1) is 12.8 Å². The van der Waals surface area contributed by atoms with Gasteiger partial charge in [-0.25, -0.2) is 19.0 Å². The Labute approximate surface area is 272 Å². The van der Waals surface area contributed by atoms with Gasteiger partial charge in [0.1, 0.15) is 11.4 Å². The summed E-state index contributed by atoms with van der Waals surface area (Å²) in [6.07, 6.45) is 11.5. The molecule has 1 aromatic carbocycles. The second-order valence-corrected chi connectivity index (χ2v) is 9.40. The van der Waals surface area contributed by atoms with E-state index in [1.165, 1.54) is 19.4 Å². The van der Waals surface area contributed by atoms with E-state index in [0.717, 1.165) is 36.2 Å². The molecule has 0 radical (unpaired) electrons. The van der Waals surface area contributed by atoms with Crippen LogP contribution in [-0.4, -0.2) is 90.7 Å². The highest BCUT2D eigenvalue weighted by molar-refractivity contribution is 5.96. The van der Waals surface area contributed by atoms with Crippen molar-refractivity contribution in [2.24, 2.45) is 5.73 Å². The Bertz CT molecular complexity index is 1570. The first-order valence-electron chi connectivity index (χ1n) is 14.1. The summed E-state index contributed by atoms with van der Waals surface area (Å²) >= 11 is 0. The van der Waals surface area contributed by atoms with E-state index >= 15 is 0 Å². The van der Waals surface area contributed by atoms with E-state index in [9.17, 15) is 18.4 Å². The summed E-state index contributed by atoms with van der Waals surface area (Å²) < 4.78 is 35.5. The van der Waals surface area contributed by atoms with Crippen LogP contribution in [0.1, 0.15) is 15.9 Å². The molecule has 0 saturated carbocycles. The van der Waals surface area contributed by atoms with Crippen molar-refractivity contribution < 1.29 is 32.7 Å². The summed E-state index contributed by atoms with van der Waals surface area (Å²) in [5, 5.41) is 12.3. The smallest absolute Gasteiger partial charge is 0.254 e. The van der Waals surface area contributed by atoms with Gasteiger partial charge in [-0.1, -0.05) is 18.2 Å². The van der Waals surface area contributed by atoms with E-state index in [2.05, 4.69) is 33.4 Å². The Morgan fingerprint density at radius 3 is 2.45 bits per heavy atom. The number of hydrogen-bond acceptors (Lipinski definition) is 10. The second-order valence-electron chi connectivity index (χ2n) is 9.40. The maximum Gasteiger partial charge on any atom is 0.254 e. The molecule has 0 spiro atoms. The molecule has 2 amide bonds. The molecule has 4 N–H and O–H groups in total. The molecule has 0 aliphatic carbocycles. The number of methoxy groups -OCH3 is 2. The number of pyridine rings is 2. The summed E-state index contributed by atoms with van der Waals surface area (Å²) in [4.78, 5) is 34.2. The lowest BCUT2D eigenvalue weighted by molar-refractivity contribution is -0.118. The third-order valence-corrected chi connectivity index (χ3v) is 6.39. The van der Waals surface area contributed by atoms with Gasteiger partial charge in [0.05, 0.1) is 37.7 Å². The van der Waals surface area contributed by atoms with Gasteiger partial charge >= 0.3 is 0 Å². The first-order valence-corrected chi connectivity index (χ1v) is 14.1. The van der Waals surface area contributed by atoms with Crippen LogP contribution in [0.25, 0.3) is 16.9 Å². The Balaban J connectivity index is 0.000000288. The lowest BCUT2D eigenvalue weighted by Gasteiger charge is -2.12. The molecule has 1 aliphatic heterocycles. The van der Waals surface area contributed by atoms with E-state index in [0.29, 0.717) is 30.9 Å². The van der Waals surface area contributed by atoms with Crippen LogP contribution in [0.3, 0.4) is 0 Å². The van der Waals surface area contributed by atoms with Gasteiger partial charge in [0.25, 0.3) is 5.91 Å². The van der Waals surface area contributed by atoms with Gasteiger partial charge in [0, 0.05) is 50.8 Å². The number of halogens is 2. The number of para-hydroxylation sites is 1. The van der Waals surface area contributed by atoms with Gasteiger partial charge in [-0.3, -0.25) is 14.4 Å². The van der Waals surface area contributed by atoms with Crippen LogP contribution in [0.15, 0.2) is 60.9 Å². The predicted molar refractivity (Wildman–Crippen MR) is 173 cm³/mol. The van der Waals surface area contributed by atoms with Crippen LogP contribution < -0.4 is 21.1 Å². The molecule has 0 bridgehead atoms. The number of amides is 2. The van der Waals surface area contributed by atoms with Crippen LogP contribution >= 0.6 is 0 Å². The molecule has 250 valence electrons. The van der Waals surface area contributed by atoms with Crippen molar-refractivity contribution in [2.75, 3.05) is 52.9 Å². The number of aromatic nitrogens is 4. The molecule has 1 aliphatic rings. The van der Waals surface area contributed by atoms with Crippen LogP contribution in [0.2, 0.25) is 0 Å². The van der Waals surface area contributed by atoms with Crippen molar-refractivity contribution in [3.8, 4) is 35.7 Å². The Morgan fingerprint density at radius 1 is 1.17 bits per heavy atom. The van der Waals surface area contributed by atoms with Gasteiger partial charge in [-0.05, 0) is 37.3 Å². The molecule has 13 nitrogen and oxygen atoms in total. The molecule has 5 rings (SSSR count). The van der Waals surface area contributed by atoms with Crippen molar-refractivity contribution >= 4 is 18.1 Å². The number of anilines is 1. The van der Waals surface area contributed by atoms with Crippen LogP contribution in [-0.2, 0) is 14.4 Å². The maximum absolute atomic E-state index is 11.9. The third-order valence-electron chi connectivity index (χ3n) is 6.39. The second kappa shape index (κ2) is 19.9. The van der Waals surface area contributed by atoms with Gasteiger partial charge in [0.2, 0.25) is 18.2 Å². The monoisotopic (exact) mass is 652 g/mol.